The first-order valence-electron chi connectivity index (χ1n) is 7.32. The van der Waals surface area contributed by atoms with E-state index in [1.165, 1.54) is 37.2 Å². The van der Waals surface area contributed by atoms with Gasteiger partial charge in [0.05, 0.1) is 11.5 Å². The SMILES string of the molecule is NC(=S)CN(C(=O)CC1CCSCC1)C1CCCC1. The zero-order valence-corrected chi connectivity index (χ0v) is 13.1. The molecule has 1 saturated carbocycles. The third kappa shape index (κ3) is 4.63. The Hall–Kier alpha value is -0.290. The van der Waals surface area contributed by atoms with Crippen molar-refractivity contribution in [2.24, 2.45) is 11.7 Å². The molecule has 1 heterocycles. The van der Waals surface area contributed by atoms with Gasteiger partial charge in [0.2, 0.25) is 5.91 Å². The van der Waals surface area contributed by atoms with E-state index in [-0.39, 0.29) is 5.91 Å². The van der Waals surface area contributed by atoms with Crippen molar-refractivity contribution in [2.45, 2.75) is 51.0 Å². The van der Waals surface area contributed by atoms with Gasteiger partial charge in [0, 0.05) is 12.5 Å². The summed E-state index contributed by atoms with van der Waals surface area (Å²) in [6.45, 7) is 0.473. The van der Waals surface area contributed by atoms with Crippen LogP contribution >= 0.6 is 24.0 Å². The van der Waals surface area contributed by atoms with E-state index in [2.05, 4.69) is 0 Å². The first kappa shape index (κ1) is 15.1. The molecule has 0 bridgehead atoms. The minimum atomic E-state index is 0.275. The van der Waals surface area contributed by atoms with Crippen LogP contribution in [-0.4, -0.2) is 39.9 Å². The molecule has 0 aromatic heterocycles. The van der Waals surface area contributed by atoms with Crippen molar-refractivity contribution in [1.29, 1.82) is 0 Å². The summed E-state index contributed by atoms with van der Waals surface area (Å²) < 4.78 is 0. The van der Waals surface area contributed by atoms with Crippen LogP contribution in [0.5, 0.6) is 0 Å². The molecule has 0 aromatic rings. The van der Waals surface area contributed by atoms with Crippen molar-refractivity contribution >= 4 is 34.9 Å². The number of carbonyl (C=O) groups excluding carboxylic acids is 1. The van der Waals surface area contributed by atoms with Gasteiger partial charge in [-0.2, -0.15) is 11.8 Å². The quantitative estimate of drug-likeness (QED) is 0.793. The number of amides is 1. The number of carbonyl (C=O) groups is 1. The molecule has 108 valence electrons. The van der Waals surface area contributed by atoms with Crippen molar-refractivity contribution in [1.82, 2.24) is 4.90 Å². The highest BCUT2D eigenvalue weighted by Crippen LogP contribution is 2.28. The summed E-state index contributed by atoms with van der Waals surface area (Å²) in [5.74, 6) is 3.26. The van der Waals surface area contributed by atoms with E-state index in [4.69, 9.17) is 18.0 Å². The Morgan fingerprint density at radius 3 is 2.42 bits per heavy atom. The molecule has 2 aliphatic rings. The number of nitrogens with zero attached hydrogens (tertiary/aromatic N) is 1. The number of thioether (sulfide) groups is 1. The van der Waals surface area contributed by atoms with Gasteiger partial charge in [0.25, 0.3) is 0 Å². The maximum absolute atomic E-state index is 12.5. The number of rotatable bonds is 5. The molecule has 3 nitrogen and oxygen atoms in total. The van der Waals surface area contributed by atoms with Gasteiger partial charge in [-0.3, -0.25) is 4.79 Å². The van der Waals surface area contributed by atoms with Gasteiger partial charge < -0.3 is 10.6 Å². The summed E-state index contributed by atoms with van der Waals surface area (Å²) in [7, 11) is 0. The van der Waals surface area contributed by atoms with Crippen LogP contribution in [0.4, 0.5) is 0 Å². The number of nitrogens with two attached hydrogens (primary N) is 1. The average molecular weight is 300 g/mol. The third-order valence-electron chi connectivity index (χ3n) is 4.22. The second-order valence-electron chi connectivity index (χ2n) is 5.69. The molecule has 1 aliphatic heterocycles. The van der Waals surface area contributed by atoms with E-state index in [0.717, 1.165) is 12.8 Å². The van der Waals surface area contributed by atoms with Gasteiger partial charge in [-0.25, -0.2) is 0 Å². The molecule has 0 unspecified atom stereocenters. The minimum Gasteiger partial charge on any atom is -0.392 e. The Kier molecular flexibility index (Phi) is 5.95. The predicted molar refractivity (Wildman–Crippen MR) is 85.4 cm³/mol. The lowest BCUT2D eigenvalue weighted by atomic mass is 9.97. The lowest BCUT2D eigenvalue weighted by Crippen LogP contribution is -2.44. The van der Waals surface area contributed by atoms with Gasteiger partial charge in [-0.05, 0) is 43.1 Å². The Labute approximate surface area is 125 Å². The molecule has 0 aromatic carbocycles. The summed E-state index contributed by atoms with van der Waals surface area (Å²) in [5, 5.41) is 0. The molecule has 5 heteroatoms. The van der Waals surface area contributed by atoms with E-state index in [1.807, 2.05) is 16.7 Å². The standard InChI is InChI=1S/C14H24N2OS2/c15-13(18)10-16(12-3-1-2-4-12)14(17)9-11-5-7-19-8-6-11/h11-12H,1-10H2,(H2,15,18). The van der Waals surface area contributed by atoms with Crippen molar-refractivity contribution in [3.8, 4) is 0 Å². The Balaban J connectivity index is 1.91. The largest absolute Gasteiger partial charge is 0.392 e. The molecule has 0 atom stereocenters. The van der Waals surface area contributed by atoms with Gasteiger partial charge in [-0.1, -0.05) is 25.1 Å². The first-order chi connectivity index (χ1) is 9.16. The second-order valence-corrected chi connectivity index (χ2v) is 7.44. The molecule has 19 heavy (non-hydrogen) atoms. The van der Waals surface area contributed by atoms with E-state index in [1.54, 1.807) is 0 Å². The molecular formula is C14H24N2OS2. The van der Waals surface area contributed by atoms with Crippen LogP contribution in [0.2, 0.25) is 0 Å². The van der Waals surface area contributed by atoms with E-state index in [0.29, 0.717) is 29.9 Å². The van der Waals surface area contributed by atoms with Crippen molar-refractivity contribution < 1.29 is 4.79 Å². The van der Waals surface area contributed by atoms with Crippen molar-refractivity contribution in [2.75, 3.05) is 18.1 Å². The summed E-state index contributed by atoms with van der Waals surface area (Å²) in [5.41, 5.74) is 5.67. The molecule has 0 spiro atoms. The van der Waals surface area contributed by atoms with Crippen molar-refractivity contribution in [3.05, 3.63) is 0 Å². The summed E-state index contributed by atoms with van der Waals surface area (Å²) in [6, 6.07) is 0.381. The van der Waals surface area contributed by atoms with Crippen LogP contribution in [0, 0.1) is 5.92 Å². The second kappa shape index (κ2) is 7.48. The Morgan fingerprint density at radius 1 is 1.21 bits per heavy atom. The van der Waals surface area contributed by atoms with Crippen LogP contribution < -0.4 is 5.73 Å². The fourth-order valence-corrected chi connectivity index (χ4v) is 4.46. The van der Waals surface area contributed by atoms with Gasteiger partial charge in [0.1, 0.15) is 0 Å². The molecule has 0 radical (unpaired) electrons. The first-order valence-corrected chi connectivity index (χ1v) is 8.88. The Bertz CT molecular complexity index is 323. The topological polar surface area (TPSA) is 46.3 Å². The molecule has 2 rings (SSSR count). The highest BCUT2D eigenvalue weighted by atomic mass is 32.2. The zero-order valence-electron chi connectivity index (χ0n) is 11.5. The number of hydrogen-bond donors (Lipinski definition) is 1. The molecule has 1 aliphatic carbocycles. The molecule has 2 fully saturated rings. The fourth-order valence-electron chi connectivity index (χ4n) is 3.12. The Morgan fingerprint density at radius 2 is 1.84 bits per heavy atom. The normalized spacial score (nSPS) is 21.5. The lowest BCUT2D eigenvalue weighted by molar-refractivity contribution is -0.133. The summed E-state index contributed by atoms with van der Waals surface area (Å²) in [4.78, 5) is 15.0. The summed E-state index contributed by atoms with van der Waals surface area (Å²) >= 11 is 7.02. The van der Waals surface area contributed by atoms with E-state index < -0.39 is 0 Å². The van der Waals surface area contributed by atoms with Gasteiger partial charge in [-0.15, -0.1) is 0 Å². The van der Waals surface area contributed by atoms with Gasteiger partial charge >= 0.3 is 0 Å². The molecular weight excluding hydrogens is 276 g/mol. The maximum atomic E-state index is 12.5. The number of hydrogen-bond acceptors (Lipinski definition) is 3. The highest BCUT2D eigenvalue weighted by Gasteiger charge is 2.28. The number of thiocarbonyl (C=S) groups is 1. The van der Waals surface area contributed by atoms with Crippen LogP contribution in [0.25, 0.3) is 0 Å². The highest BCUT2D eigenvalue weighted by molar-refractivity contribution is 7.99. The molecule has 2 N–H and O–H groups in total. The predicted octanol–water partition coefficient (Wildman–Crippen LogP) is 2.58. The average Bonchev–Trinajstić information content (AvgIpc) is 2.90. The smallest absolute Gasteiger partial charge is 0.223 e. The van der Waals surface area contributed by atoms with Gasteiger partial charge in [0.15, 0.2) is 0 Å². The van der Waals surface area contributed by atoms with E-state index >= 15 is 0 Å². The van der Waals surface area contributed by atoms with Crippen LogP contribution in [0.3, 0.4) is 0 Å². The van der Waals surface area contributed by atoms with Crippen LogP contribution in [0.15, 0.2) is 0 Å². The molecule has 1 saturated heterocycles. The van der Waals surface area contributed by atoms with Crippen LogP contribution in [-0.2, 0) is 4.79 Å². The zero-order chi connectivity index (χ0) is 13.7. The maximum Gasteiger partial charge on any atom is 0.223 e. The lowest BCUT2D eigenvalue weighted by Gasteiger charge is -2.31. The van der Waals surface area contributed by atoms with Crippen molar-refractivity contribution in [3.63, 3.8) is 0 Å². The third-order valence-corrected chi connectivity index (χ3v) is 5.39. The fraction of sp³-hybridized carbons (Fsp3) is 0.857. The summed E-state index contributed by atoms with van der Waals surface area (Å²) in [6.07, 6.45) is 7.76. The monoisotopic (exact) mass is 300 g/mol. The minimum absolute atomic E-state index is 0.275. The van der Waals surface area contributed by atoms with E-state index in [9.17, 15) is 4.79 Å². The molecule has 1 amide bonds. The van der Waals surface area contributed by atoms with Crippen LogP contribution in [0.1, 0.15) is 44.9 Å².